The number of nitrogens with one attached hydrogen (secondary N) is 1. The lowest BCUT2D eigenvalue weighted by atomic mass is 9.83. The topological polar surface area (TPSA) is 123 Å². The predicted octanol–water partition coefficient (Wildman–Crippen LogP) is 4.89. The molecule has 0 aromatic rings. The van der Waals surface area contributed by atoms with Crippen molar-refractivity contribution in [1.29, 1.82) is 0 Å². The van der Waals surface area contributed by atoms with Gasteiger partial charge in [-0.05, 0) is 59.5 Å². The van der Waals surface area contributed by atoms with Gasteiger partial charge in [-0.2, -0.15) is 0 Å². The van der Waals surface area contributed by atoms with E-state index in [1.165, 1.54) is 13.0 Å². The number of hydrogen-bond acceptors (Lipinski definition) is 10. The Labute approximate surface area is 300 Å². The summed E-state index contributed by atoms with van der Waals surface area (Å²) in [5.74, 6) is -0.355. The number of amides is 1. The summed E-state index contributed by atoms with van der Waals surface area (Å²) in [5.41, 5.74) is 0.445. The van der Waals surface area contributed by atoms with Gasteiger partial charge in [0, 0.05) is 23.8 Å². The highest BCUT2D eigenvalue weighted by Crippen LogP contribution is 2.47. The third-order valence-electron chi connectivity index (χ3n) is 8.64. The Kier molecular flexibility index (Phi) is 17.5. The number of rotatable bonds is 20. The summed E-state index contributed by atoms with van der Waals surface area (Å²) in [4.78, 5) is 23.6. The first kappa shape index (κ1) is 41.0. The number of esters is 1. The van der Waals surface area contributed by atoms with E-state index in [1.807, 2.05) is 6.92 Å². The van der Waals surface area contributed by atoms with Crippen LogP contribution in [0.1, 0.15) is 67.7 Å². The zero-order chi connectivity index (χ0) is 35.2. The van der Waals surface area contributed by atoms with Crippen LogP contribution in [0.3, 0.4) is 0 Å². The predicted molar refractivity (Wildman–Crippen MR) is 191 cm³/mol. The van der Waals surface area contributed by atoms with Crippen molar-refractivity contribution in [3.8, 4) is 0 Å². The molecule has 12 heteroatoms. The molecule has 3 fully saturated rings. The molecular formula is C36H58INO10. The van der Waals surface area contributed by atoms with Gasteiger partial charge >= 0.3 is 5.97 Å². The average molecular weight is 792 g/mol. The van der Waals surface area contributed by atoms with Crippen LogP contribution in [0, 0.1) is 5.92 Å². The van der Waals surface area contributed by atoms with Gasteiger partial charge in [-0.15, -0.1) is 0 Å². The van der Waals surface area contributed by atoms with Gasteiger partial charge in [-0.25, -0.2) is 0 Å². The first-order chi connectivity index (χ1) is 22.8. The van der Waals surface area contributed by atoms with Crippen molar-refractivity contribution < 1.29 is 47.5 Å². The maximum absolute atomic E-state index is 12.5. The van der Waals surface area contributed by atoms with Crippen LogP contribution < -0.4 is 5.32 Å². The molecule has 1 N–H and O–H groups in total. The first-order valence-corrected chi connectivity index (χ1v) is 18.8. The van der Waals surface area contributed by atoms with Gasteiger partial charge in [0.1, 0.15) is 23.9 Å². The van der Waals surface area contributed by atoms with Crippen molar-refractivity contribution in [2.75, 3.05) is 57.3 Å². The highest BCUT2D eigenvalue weighted by atomic mass is 127. The summed E-state index contributed by atoms with van der Waals surface area (Å²) >= 11 is 2.28. The fraction of sp³-hybridized carbons (Fsp3) is 0.778. The first-order valence-electron chi connectivity index (χ1n) is 17.2. The van der Waals surface area contributed by atoms with E-state index in [-0.39, 0.29) is 59.5 Å². The van der Waals surface area contributed by atoms with Gasteiger partial charge in [-0.3, -0.25) is 9.59 Å². The molecule has 274 valence electrons. The van der Waals surface area contributed by atoms with Crippen LogP contribution in [0.2, 0.25) is 0 Å². The van der Waals surface area contributed by atoms with E-state index in [0.29, 0.717) is 46.2 Å². The molecule has 0 radical (unpaired) electrons. The van der Waals surface area contributed by atoms with Gasteiger partial charge in [0.05, 0.1) is 76.7 Å². The third kappa shape index (κ3) is 14.5. The Bertz CT molecular complexity index is 1090. The van der Waals surface area contributed by atoms with Gasteiger partial charge < -0.3 is 43.2 Å². The number of carbonyl (C=O) groups excluding carboxylic acids is 2. The monoisotopic (exact) mass is 791 g/mol. The molecule has 0 aliphatic carbocycles. The summed E-state index contributed by atoms with van der Waals surface area (Å²) in [5, 5.41) is 3.04. The molecule has 11 nitrogen and oxygen atoms in total. The summed E-state index contributed by atoms with van der Waals surface area (Å²) in [6.07, 6.45) is 10.7. The third-order valence-corrected chi connectivity index (χ3v) is 9.08. The van der Waals surface area contributed by atoms with E-state index in [2.05, 4.69) is 73.8 Å². The van der Waals surface area contributed by atoms with E-state index >= 15 is 0 Å². The fourth-order valence-electron chi connectivity index (χ4n) is 6.25. The fourth-order valence-corrected chi connectivity index (χ4v) is 6.56. The molecule has 3 aliphatic rings. The highest BCUT2D eigenvalue weighted by Gasteiger charge is 2.61. The number of hydrogen-bond donors (Lipinski definition) is 1. The van der Waals surface area contributed by atoms with Gasteiger partial charge in [0.25, 0.3) is 0 Å². The second-order valence-electron chi connectivity index (χ2n) is 13.6. The lowest BCUT2D eigenvalue weighted by Gasteiger charge is -2.43. The van der Waals surface area contributed by atoms with Crippen molar-refractivity contribution in [3.05, 3.63) is 36.0 Å². The molecule has 1 spiro atoms. The van der Waals surface area contributed by atoms with Gasteiger partial charge in [0.2, 0.25) is 5.91 Å². The number of epoxide rings is 1. The minimum atomic E-state index is -0.463. The van der Waals surface area contributed by atoms with Crippen LogP contribution in [0.4, 0.5) is 0 Å². The molecule has 0 aromatic carbocycles. The summed E-state index contributed by atoms with van der Waals surface area (Å²) in [6, 6.07) is -0.1000. The largest absolute Gasteiger partial charge is 0.459 e. The van der Waals surface area contributed by atoms with Crippen molar-refractivity contribution in [3.63, 3.8) is 0 Å². The van der Waals surface area contributed by atoms with Crippen LogP contribution in [-0.4, -0.2) is 117 Å². The average Bonchev–Trinajstić information content (AvgIpc) is 3.77. The van der Waals surface area contributed by atoms with Crippen LogP contribution in [-0.2, 0) is 47.5 Å². The standard InChI is InChI=1S/C36H58INO10/c1-25(8-11-31-26(2)22-30(28(4)47-31)38-33(40)13-10-27(3)46-29(5)39)9-12-32-34(36(24-45-36)23-35(6,7)48-32)44-21-20-43-19-18-42-17-16-41-15-14-37/h8-10,12-13,26-28,30-32,34H,11,14-24H2,1-7H3,(H,38,40)/b12-9+,13-10-,25-8+/t26-,27?,28?,30+,31-,32?,34+,36?/m0/s1. The zero-order valence-electron chi connectivity index (χ0n) is 29.9. The van der Waals surface area contributed by atoms with Crippen molar-refractivity contribution in [1.82, 2.24) is 5.32 Å². The van der Waals surface area contributed by atoms with Crippen molar-refractivity contribution in [2.45, 2.75) is 115 Å². The molecule has 4 unspecified atom stereocenters. The van der Waals surface area contributed by atoms with Gasteiger partial charge in [0.15, 0.2) is 0 Å². The van der Waals surface area contributed by atoms with E-state index in [0.717, 1.165) is 35.9 Å². The summed E-state index contributed by atoms with van der Waals surface area (Å²) in [7, 11) is 0. The molecule has 3 aliphatic heterocycles. The molecule has 48 heavy (non-hydrogen) atoms. The number of carbonyl (C=O) groups is 2. The summed E-state index contributed by atoms with van der Waals surface area (Å²) < 4.78 is 47.9. The second kappa shape index (κ2) is 20.5. The Morgan fingerprint density at radius 2 is 1.65 bits per heavy atom. The Hall–Kier alpha value is -1.39. The Morgan fingerprint density at radius 1 is 1.00 bits per heavy atom. The molecule has 0 aromatic heterocycles. The lowest BCUT2D eigenvalue weighted by molar-refractivity contribution is -0.191. The van der Waals surface area contributed by atoms with Crippen molar-refractivity contribution in [2.24, 2.45) is 5.92 Å². The highest BCUT2D eigenvalue weighted by molar-refractivity contribution is 14.1. The molecule has 8 atom stereocenters. The maximum atomic E-state index is 12.5. The van der Waals surface area contributed by atoms with Crippen LogP contribution >= 0.6 is 22.6 Å². The van der Waals surface area contributed by atoms with E-state index in [9.17, 15) is 9.59 Å². The van der Waals surface area contributed by atoms with E-state index in [4.69, 9.17) is 37.9 Å². The minimum Gasteiger partial charge on any atom is -0.459 e. The maximum Gasteiger partial charge on any atom is 0.303 e. The van der Waals surface area contributed by atoms with Crippen LogP contribution in [0.15, 0.2) is 36.0 Å². The van der Waals surface area contributed by atoms with E-state index in [1.54, 1.807) is 13.0 Å². The van der Waals surface area contributed by atoms with Crippen molar-refractivity contribution >= 4 is 34.5 Å². The minimum absolute atomic E-state index is 0.0413. The smallest absolute Gasteiger partial charge is 0.303 e. The SMILES string of the molecule is CC(=O)OC(C)/C=C\C(=O)N[C@@H]1C[C@H](C)[C@H](C/C=C(C)/C=C/C2OC(C)(C)CC3(CO3)[C@@H]2OCCOCCOCCOCCI)OC1C. The number of halogens is 1. The quantitative estimate of drug-likeness (QED) is 0.0347. The van der Waals surface area contributed by atoms with E-state index < -0.39 is 6.10 Å². The molecule has 3 saturated heterocycles. The summed E-state index contributed by atoms with van der Waals surface area (Å²) in [6.45, 7) is 18.0. The van der Waals surface area contributed by atoms with Crippen LogP contribution in [0.25, 0.3) is 0 Å². The molecule has 3 heterocycles. The number of alkyl halides is 1. The Balaban J connectivity index is 1.46. The molecule has 1 amide bonds. The molecule has 0 bridgehead atoms. The normalized spacial score (nSPS) is 31.0. The molecule has 0 saturated carbocycles. The second-order valence-corrected chi connectivity index (χ2v) is 14.7. The zero-order valence-corrected chi connectivity index (χ0v) is 32.0. The molecular weight excluding hydrogens is 733 g/mol. The molecule has 3 rings (SSSR count). The number of allylic oxidation sites excluding steroid dienone is 2. The lowest BCUT2D eigenvalue weighted by Crippen LogP contribution is -2.55. The van der Waals surface area contributed by atoms with Crippen LogP contribution in [0.5, 0.6) is 0 Å². The Morgan fingerprint density at radius 3 is 2.27 bits per heavy atom. The number of ether oxygens (including phenoxy) is 8. The van der Waals surface area contributed by atoms with Gasteiger partial charge in [-0.1, -0.05) is 53.3 Å².